The molecule has 2 nitrogen and oxygen atoms in total. The fraction of sp³-hybridized carbons (Fsp3) is 1.00. The molecule has 19 heavy (non-hydrogen) atoms. The summed E-state index contributed by atoms with van der Waals surface area (Å²) >= 11 is 0. The maximum Gasteiger partial charge on any atom is 0.0272 e. The van der Waals surface area contributed by atoms with Gasteiger partial charge in [-0.3, -0.25) is 4.90 Å². The minimum absolute atomic E-state index is 0.370. The Morgan fingerprint density at radius 3 is 2.21 bits per heavy atom. The van der Waals surface area contributed by atoms with Gasteiger partial charge in [0.15, 0.2) is 0 Å². The Hall–Kier alpha value is -0.0800. The summed E-state index contributed by atoms with van der Waals surface area (Å²) in [5.74, 6) is 0.927. The number of nitrogens with zero attached hydrogens (tertiary/aromatic N) is 1. The second-order valence-electron chi connectivity index (χ2n) is 8.09. The summed E-state index contributed by atoms with van der Waals surface area (Å²) in [6.07, 6.45) is 7.26. The Bertz CT molecular complexity index is 273. The number of nitrogens with one attached hydrogen (secondary N) is 1. The minimum atomic E-state index is 0.370. The van der Waals surface area contributed by atoms with Crippen LogP contribution in [0.3, 0.4) is 0 Å². The van der Waals surface area contributed by atoms with E-state index in [0.29, 0.717) is 17.5 Å². The quantitative estimate of drug-likeness (QED) is 0.820. The van der Waals surface area contributed by atoms with E-state index < -0.39 is 0 Å². The third-order valence-electron chi connectivity index (χ3n) is 5.26. The highest BCUT2D eigenvalue weighted by molar-refractivity contribution is 4.96. The lowest BCUT2D eigenvalue weighted by Crippen LogP contribution is -2.63. The van der Waals surface area contributed by atoms with Crippen LogP contribution in [0.25, 0.3) is 0 Å². The molecular formula is C17H34N2. The van der Waals surface area contributed by atoms with Gasteiger partial charge in [-0.25, -0.2) is 0 Å². The van der Waals surface area contributed by atoms with Crippen molar-refractivity contribution in [1.29, 1.82) is 0 Å². The Kier molecular flexibility index (Phi) is 4.94. The summed E-state index contributed by atoms with van der Waals surface area (Å²) in [7, 11) is 0. The maximum atomic E-state index is 3.89. The third kappa shape index (κ3) is 3.72. The Balaban J connectivity index is 2.01. The Morgan fingerprint density at radius 2 is 1.68 bits per heavy atom. The summed E-state index contributed by atoms with van der Waals surface area (Å²) < 4.78 is 0. The van der Waals surface area contributed by atoms with Crippen LogP contribution in [0, 0.1) is 11.3 Å². The molecule has 0 aromatic carbocycles. The van der Waals surface area contributed by atoms with E-state index in [2.05, 4.69) is 44.8 Å². The number of rotatable bonds is 2. The summed E-state index contributed by atoms with van der Waals surface area (Å²) in [6.45, 7) is 14.3. The summed E-state index contributed by atoms with van der Waals surface area (Å²) in [5.41, 5.74) is 0.370. The van der Waals surface area contributed by atoms with Gasteiger partial charge in [-0.2, -0.15) is 0 Å². The Morgan fingerprint density at radius 1 is 1.05 bits per heavy atom. The molecule has 2 rings (SSSR count). The fourth-order valence-corrected chi connectivity index (χ4v) is 4.03. The van der Waals surface area contributed by atoms with E-state index in [0.717, 1.165) is 12.0 Å². The molecule has 1 N–H and O–H groups in total. The molecule has 0 aromatic heterocycles. The zero-order valence-corrected chi connectivity index (χ0v) is 13.7. The zero-order valence-electron chi connectivity index (χ0n) is 13.7. The molecule has 1 aliphatic carbocycles. The molecule has 1 saturated heterocycles. The highest BCUT2D eigenvalue weighted by Crippen LogP contribution is 2.32. The van der Waals surface area contributed by atoms with Crippen LogP contribution in [0.5, 0.6) is 0 Å². The van der Waals surface area contributed by atoms with Crippen LogP contribution in [0.2, 0.25) is 0 Å². The molecule has 0 spiro atoms. The van der Waals surface area contributed by atoms with E-state index in [1.165, 1.54) is 45.2 Å². The minimum Gasteiger partial charge on any atom is -0.311 e. The van der Waals surface area contributed by atoms with Gasteiger partial charge in [-0.05, 0) is 38.0 Å². The normalized spacial score (nSPS) is 31.9. The lowest BCUT2D eigenvalue weighted by molar-refractivity contribution is 0.0160. The van der Waals surface area contributed by atoms with Crippen molar-refractivity contribution < 1.29 is 0 Å². The molecule has 0 aromatic rings. The van der Waals surface area contributed by atoms with Crippen molar-refractivity contribution in [3.8, 4) is 0 Å². The molecule has 2 fully saturated rings. The van der Waals surface area contributed by atoms with Gasteiger partial charge in [0.2, 0.25) is 0 Å². The molecule has 2 atom stereocenters. The van der Waals surface area contributed by atoms with Crippen molar-refractivity contribution in [2.75, 3.05) is 13.1 Å². The first-order chi connectivity index (χ1) is 8.89. The average molecular weight is 266 g/mol. The second-order valence-corrected chi connectivity index (χ2v) is 8.09. The zero-order chi connectivity index (χ0) is 14.0. The first-order valence-corrected chi connectivity index (χ1v) is 8.38. The van der Waals surface area contributed by atoms with Crippen molar-refractivity contribution in [3.63, 3.8) is 0 Å². The van der Waals surface area contributed by atoms with Crippen LogP contribution in [0.1, 0.15) is 66.7 Å². The van der Waals surface area contributed by atoms with Crippen LogP contribution in [-0.2, 0) is 0 Å². The van der Waals surface area contributed by atoms with E-state index >= 15 is 0 Å². The first kappa shape index (κ1) is 15.3. The van der Waals surface area contributed by atoms with E-state index in [4.69, 9.17) is 0 Å². The second kappa shape index (κ2) is 6.13. The van der Waals surface area contributed by atoms with Crippen molar-refractivity contribution in [2.24, 2.45) is 11.3 Å². The number of hydrogen-bond acceptors (Lipinski definition) is 2. The molecule has 112 valence electrons. The highest BCUT2D eigenvalue weighted by Gasteiger charge is 2.38. The predicted molar refractivity (Wildman–Crippen MR) is 83.5 cm³/mol. The Labute approximate surface area is 120 Å². The van der Waals surface area contributed by atoms with Gasteiger partial charge in [0.05, 0.1) is 0 Å². The molecule has 0 bridgehead atoms. The van der Waals surface area contributed by atoms with Crippen molar-refractivity contribution in [2.45, 2.75) is 84.8 Å². The largest absolute Gasteiger partial charge is 0.311 e. The van der Waals surface area contributed by atoms with Crippen LogP contribution in [0.4, 0.5) is 0 Å². The topological polar surface area (TPSA) is 15.3 Å². The maximum absolute atomic E-state index is 3.89. The van der Waals surface area contributed by atoms with Crippen molar-refractivity contribution >= 4 is 0 Å². The molecule has 2 heteroatoms. The molecule has 0 radical (unpaired) electrons. The average Bonchev–Trinajstić information content (AvgIpc) is 2.38. The lowest BCUT2D eigenvalue weighted by Gasteiger charge is -2.50. The smallest absolute Gasteiger partial charge is 0.0272 e. The van der Waals surface area contributed by atoms with Crippen LogP contribution in [0.15, 0.2) is 0 Å². The summed E-state index contributed by atoms with van der Waals surface area (Å²) in [4.78, 5) is 2.76. The SMILES string of the molecule is CC(C)N1CC(C2CCCCC2)NCC1C(C)(C)C. The van der Waals surface area contributed by atoms with Crippen molar-refractivity contribution in [3.05, 3.63) is 0 Å². The van der Waals surface area contributed by atoms with E-state index in [-0.39, 0.29) is 0 Å². The van der Waals surface area contributed by atoms with Crippen LogP contribution < -0.4 is 5.32 Å². The monoisotopic (exact) mass is 266 g/mol. The molecular weight excluding hydrogens is 232 g/mol. The molecule has 2 aliphatic rings. The standard InChI is InChI=1S/C17H34N2/c1-13(2)19-12-15(14-9-7-6-8-10-14)18-11-16(19)17(3,4)5/h13-16,18H,6-12H2,1-5H3. The molecule has 1 heterocycles. The van der Waals surface area contributed by atoms with Crippen LogP contribution >= 0.6 is 0 Å². The van der Waals surface area contributed by atoms with Gasteiger partial charge in [-0.1, -0.05) is 40.0 Å². The van der Waals surface area contributed by atoms with Crippen molar-refractivity contribution in [1.82, 2.24) is 10.2 Å². The molecule has 0 amide bonds. The van der Waals surface area contributed by atoms with E-state index in [1.807, 2.05) is 0 Å². The van der Waals surface area contributed by atoms with Gasteiger partial charge < -0.3 is 5.32 Å². The summed E-state index contributed by atoms with van der Waals surface area (Å²) in [5, 5.41) is 3.89. The van der Waals surface area contributed by atoms with E-state index in [9.17, 15) is 0 Å². The molecule has 1 aliphatic heterocycles. The van der Waals surface area contributed by atoms with Gasteiger partial charge in [0.1, 0.15) is 0 Å². The number of hydrogen-bond donors (Lipinski definition) is 1. The van der Waals surface area contributed by atoms with Crippen LogP contribution in [-0.4, -0.2) is 36.1 Å². The van der Waals surface area contributed by atoms with Gasteiger partial charge in [0, 0.05) is 31.2 Å². The van der Waals surface area contributed by atoms with Gasteiger partial charge in [-0.15, -0.1) is 0 Å². The summed E-state index contributed by atoms with van der Waals surface area (Å²) in [6, 6.07) is 2.08. The fourth-order valence-electron chi connectivity index (χ4n) is 4.03. The molecule has 1 saturated carbocycles. The lowest BCUT2D eigenvalue weighted by atomic mass is 9.79. The van der Waals surface area contributed by atoms with E-state index in [1.54, 1.807) is 0 Å². The van der Waals surface area contributed by atoms with Gasteiger partial charge in [0.25, 0.3) is 0 Å². The number of piperazine rings is 1. The van der Waals surface area contributed by atoms with Gasteiger partial charge >= 0.3 is 0 Å². The predicted octanol–water partition coefficient (Wildman–Crippen LogP) is 3.66. The first-order valence-electron chi connectivity index (χ1n) is 8.38. The third-order valence-corrected chi connectivity index (χ3v) is 5.26. The molecule has 2 unspecified atom stereocenters. The highest BCUT2D eigenvalue weighted by atomic mass is 15.3.